The number of rotatable bonds is 8. The molecule has 1 N–H and O–H groups in total. The van der Waals surface area contributed by atoms with Gasteiger partial charge in [0.2, 0.25) is 0 Å². The molecule has 0 saturated carbocycles. The van der Waals surface area contributed by atoms with Gasteiger partial charge in [-0.1, -0.05) is 13.8 Å². The first-order valence-electron chi connectivity index (χ1n) is 8.02. The fourth-order valence-corrected chi connectivity index (χ4v) is 3.02. The van der Waals surface area contributed by atoms with Crippen LogP contribution in [0.2, 0.25) is 0 Å². The molecule has 0 unspecified atom stereocenters. The Bertz CT molecular complexity index is 456. The molecule has 2 rings (SSSR count). The lowest BCUT2D eigenvalue weighted by atomic mass is 10.2. The Morgan fingerprint density at radius 2 is 1.95 bits per heavy atom. The first-order valence-corrected chi connectivity index (χ1v) is 9.01. The number of carbonyl (C=O) groups excluding carboxylic acids is 1. The molecule has 1 saturated heterocycles. The van der Waals surface area contributed by atoms with E-state index in [9.17, 15) is 4.79 Å². The summed E-state index contributed by atoms with van der Waals surface area (Å²) in [5.41, 5.74) is 0.672. The number of nitrogens with zero attached hydrogens (tertiary/aromatic N) is 1. The second-order valence-electron chi connectivity index (χ2n) is 6.06. The third kappa shape index (κ3) is 5.89. The highest BCUT2D eigenvalue weighted by Gasteiger charge is 2.11. The topological polar surface area (TPSA) is 41.6 Å². The second-order valence-corrected chi connectivity index (χ2v) is 6.96. The number of hydrogen-bond donors (Lipinski definition) is 1. The molecule has 0 bridgehead atoms. The highest BCUT2D eigenvalue weighted by atomic mass is 32.2. The normalized spacial score (nSPS) is 15.2. The fraction of sp³-hybridized carbons (Fsp3) is 0.588. The summed E-state index contributed by atoms with van der Waals surface area (Å²) in [6.07, 6.45) is 2.62. The van der Waals surface area contributed by atoms with Crippen LogP contribution in [0.3, 0.4) is 0 Å². The Labute approximate surface area is 137 Å². The molecule has 1 aromatic rings. The Morgan fingerprint density at radius 3 is 2.59 bits per heavy atom. The van der Waals surface area contributed by atoms with Crippen molar-refractivity contribution in [2.75, 3.05) is 32.0 Å². The van der Waals surface area contributed by atoms with Gasteiger partial charge in [-0.15, -0.1) is 0 Å². The van der Waals surface area contributed by atoms with Gasteiger partial charge in [0, 0.05) is 17.9 Å². The van der Waals surface area contributed by atoms with Gasteiger partial charge in [0.25, 0.3) is 5.91 Å². The predicted molar refractivity (Wildman–Crippen MR) is 92.4 cm³/mol. The maximum absolute atomic E-state index is 12.0. The Hall–Kier alpha value is -1.20. The maximum atomic E-state index is 12.0. The van der Waals surface area contributed by atoms with Crippen molar-refractivity contribution in [3.63, 3.8) is 0 Å². The van der Waals surface area contributed by atoms with Gasteiger partial charge in [-0.2, -0.15) is 0 Å². The van der Waals surface area contributed by atoms with Crippen LogP contribution < -0.4 is 9.46 Å². The molecule has 1 aliphatic rings. The predicted octanol–water partition coefficient (Wildman–Crippen LogP) is 3.20. The van der Waals surface area contributed by atoms with Gasteiger partial charge in [-0.25, -0.2) is 0 Å². The zero-order valence-corrected chi connectivity index (χ0v) is 14.3. The lowest BCUT2D eigenvalue weighted by molar-refractivity contribution is 0.0984. The number of ether oxygens (including phenoxy) is 1. The Kier molecular flexibility index (Phi) is 7.06. The van der Waals surface area contributed by atoms with Crippen LogP contribution in [0.25, 0.3) is 0 Å². The number of nitrogens with one attached hydrogen (secondary N) is 1. The van der Waals surface area contributed by atoms with Crippen molar-refractivity contribution >= 4 is 17.9 Å². The van der Waals surface area contributed by atoms with Crippen molar-refractivity contribution < 1.29 is 9.53 Å². The van der Waals surface area contributed by atoms with E-state index < -0.39 is 0 Å². The van der Waals surface area contributed by atoms with E-state index in [2.05, 4.69) is 23.5 Å². The number of amides is 1. The van der Waals surface area contributed by atoms with Gasteiger partial charge in [-0.3, -0.25) is 9.52 Å². The van der Waals surface area contributed by atoms with Crippen LogP contribution in [0.5, 0.6) is 5.75 Å². The molecule has 0 atom stereocenters. The zero-order chi connectivity index (χ0) is 15.8. The van der Waals surface area contributed by atoms with E-state index >= 15 is 0 Å². The van der Waals surface area contributed by atoms with E-state index in [1.807, 2.05) is 24.3 Å². The van der Waals surface area contributed by atoms with Crippen molar-refractivity contribution in [3.05, 3.63) is 29.8 Å². The number of hydrogen-bond acceptors (Lipinski definition) is 4. The van der Waals surface area contributed by atoms with Crippen LogP contribution in [-0.2, 0) is 0 Å². The van der Waals surface area contributed by atoms with Gasteiger partial charge in [0.1, 0.15) is 5.75 Å². The third-order valence-electron chi connectivity index (χ3n) is 3.57. The molecule has 4 nitrogen and oxygen atoms in total. The van der Waals surface area contributed by atoms with E-state index in [-0.39, 0.29) is 5.91 Å². The number of carbonyl (C=O) groups is 1. The molecular formula is C17H26N2O2S. The van der Waals surface area contributed by atoms with Gasteiger partial charge >= 0.3 is 0 Å². The maximum Gasteiger partial charge on any atom is 0.261 e. The highest BCUT2D eigenvalue weighted by Crippen LogP contribution is 2.14. The molecule has 0 aliphatic carbocycles. The van der Waals surface area contributed by atoms with Crippen LogP contribution in [0.4, 0.5) is 0 Å². The first-order chi connectivity index (χ1) is 10.6. The Balaban J connectivity index is 1.67. The van der Waals surface area contributed by atoms with E-state index in [0.29, 0.717) is 18.1 Å². The molecule has 1 aliphatic heterocycles. The summed E-state index contributed by atoms with van der Waals surface area (Å²) in [5, 5.41) is 0. The third-order valence-corrected chi connectivity index (χ3v) is 4.29. The van der Waals surface area contributed by atoms with Crippen LogP contribution in [-0.4, -0.2) is 42.8 Å². The summed E-state index contributed by atoms with van der Waals surface area (Å²) >= 11 is 1.49. The van der Waals surface area contributed by atoms with Crippen LogP contribution >= 0.6 is 11.9 Å². The van der Waals surface area contributed by atoms with Gasteiger partial charge in [0.05, 0.1) is 6.61 Å². The monoisotopic (exact) mass is 322 g/mol. The zero-order valence-electron chi connectivity index (χ0n) is 13.5. The molecule has 0 aromatic heterocycles. The average Bonchev–Trinajstić information content (AvgIpc) is 3.03. The van der Waals surface area contributed by atoms with E-state index in [1.54, 1.807) is 0 Å². The summed E-state index contributed by atoms with van der Waals surface area (Å²) in [6.45, 7) is 8.37. The second kappa shape index (κ2) is 9.06. The van der Waals surface area contributed by atoms with E-state index in [1.165, 1.54) is 37.9 Å². The molecule has 1 amide bonds. The van der Waals surface area contributed by atoms with E-state index in [4.69, 9.17) is 4.74 Å². The molecular weight excluding hydrogens is 296 g/mol. The van der Waals surface area contributed by atoms with Crippen molar-refractivity contribution in [1.29, 1.82) is 0 Å². The lowest BCUT2D eigenvalue weighted by Gasteiger charge is -2.13. The summed E-state index contributed by atoms with van der Waals surface area (Å²) in [5.74, 6) is 2.20. The minimum atomic E-state index is -0.0400. The summed E-state index contributed by atoms with van der Waals surface area (Å²) < 4.78 is 8.52. The van der Waals surface area contributed by atoms with E-state index in [0.717, 1.165) is 18.0 Å². The largest absolute Gasteiger partial charge is 0.493 e. The molecule has 0 spiro atoms. The molecule has 1 heterocycles. The molecule has 122 valence electrons. The van der Waals surface area contributed by atoms with Crippen LogP contribution in [0, 0.1) is 5.92 Å². The van der Waals surface area contributed by atoms with Gasteiger partial charge < -0.3 is 9.64 Å². The standard InChI is InChI=1S/C17H26N2O2S/c1-14(2)13-21-16-7-5-15(6-8-16)17(20)18-22-12-11-19-9-3-4-10-19/h5-8,14H,3-4,9-13H2,1-2H3,(H,18,20). The quantitative estimate of drug-likeness (QED) is 0.589. The summed E-state index contributed by atoms with van der Waals surface area (Å²) in [7, 11) is 0. The van der Waals surface area contributed by atoms with Crippen molar-refractivity contribution in [2.24, 2.45) is 5.92 Å². The number of benzene rings is 1. The SMILES string of the molecule is CC(C)COc1ccc(C(=O)NSCCN2CCCC2)cc1. The molecule has 0 radical (unpaired) electrons. The smallest absolute Gasteiger partial charge is 0.261 e. The van der Waals surface area contributed by atoms with Gasteiger partial charge in [0.15, 0.2) is 0 Å². The lowest BCUT2D eigenvalue weighted by Crippen LogP contribution is -2.24. The summed E-state index contributed by atoms with van der Waals surface area (Å²) in [4.78, 5) is 14.5. The fourth-order valence-electron chi connectivity index (χ4n) is 2.32. The summed E-state index contributed by atoms with van der Waals surface area (Å²) in [6, 6.07) is 7.33. The van der Waals surface area contributed by atoms with Gasteiger partial charge in [-0.05, 0) is 68.1 Å². The average molecular weight is 322 g/mol. The highest BCUT2D eigenvalue weighted by molar-refractivity contribution is 7.97. The van der Waals surface area contributed by atoms with Crippen molar-refractivity contribution in [2.45, 2.75) is 26.7 Å². The molecule has 1 fully saturated rings. The molecule has 5 heteroatoms. The minimum absolute atomic E-state index is 0.0400. The van der Waals surface area contributed by atoms with Crippen LogP contribution in [0.1, 0.15) is 37.0 Å². The van der Waals surface area contributed by atoms with Crippen molar-refractivity contribution in [3.8, 4) is 5.75 Å². The Morgan fingerprint density at radius 1 is 1.27 bits per heavy atom. The van der Waals surface area contributed by atoms with Crippen molar-refractivity contribution in [1.82, 2.24) is 9.62 Å². The van der Waals surface area contributed by atoms with Crippen LogP contribution in [0.15, 0.2) is 24.3 Å². The molecule has 22 heavy (non-hydrogen) atoms. The first kappa shape index (κ1) is 17.2. The molecule has 1 aromatic carbocycles. The number of likely N-dealkylation sites (tertiary alicyclic amines) is 1. The minimum Gasteiger partial charge on any atom is -0.493 e.